The second kappa shape index (κ2) is 6.62. The average molecular weight is 294 g/mol. The molecule has 1 aliphatic rings. The lowest BCUT2D eigenvalue weighted by molar-refractivity contribution is -0.124. The second-order valence-electron chi connectivity index (χ2n) is 5.99. The summed E-state index contributed by atoms with van der Waals surface area (Å²) in [6, 6.07) is 8.33. The second-order valence-corrected chi connectivity index (χ2v) is 6.36. The van der Waals surface area contributed by atoms with Gasteiger partial charge in [-0.1, -0.05) is 31.2 Å². The van der Waals surface area contributed by atoms with Crippen molar-refractivity contribution in [3.05, 3.63) is 35.4 Å². The molecule has 0 saturated carbocycles. The SMILES string of the molecule is CCC(C)(CCCl)NC(=O)C1CCCc2ccccc21. The molecule has 1 aliphatic carbocycles. The number of benzene rings is 1. The van der Waals surface area contributed by atoms with Gasteiger partial charge in [-0.2, -0.15) is 0 Å². The first kappa shape index (κ1) is 15.4. The van der Waals surface area contributed by atoms with E-state index < -0.39 is 0 Å². The highest BCUT2D eigenvalue weighted by Gasteiger charge is 2.31. The Labute approximate surface area is 126 Å². The van der Waals surface area contributed by atoms with Crippen LogP contribution in [0, 0.1) is 0 Å². The zero-order chi connectivity index (χ0) is 14.6. The molecular formula is C17H24ClNO. The lowest BCUT2D eigenvalue weighted by Gasteiger charge is -2.33. The minimum atomic E-state index is -0.189. The van der Waals surface area contributed by atoms with E-state index in [1.807, 2.05) is 6.07 Å². The maximum Gasteiger partial charge on any atom is 0.227 e. The molecule has 0 spiro atoms. The van der Waals surface area contributed by atoms with Crippen molar-refractivity contribution in [2.45, 2.75) is 57.4 Å². The van der Waals surface area contributed by atoms with E-state index in [1.54, 1.807) is 0 Å². The van der Waals surface area contributed by atoms with Gasteiger partial charge in [0.05, 0.1) is 5.92 Å². The molecule has 110 valence electrons. The topological polar surface area (TPSA) is 29.1 Å². The van der Waals surface area contributed by atoms with Gasteiger partial charge in [0.25, 0.3) is 0 Å². The van der Waals surface area contributed by atoms with E-state index in [0.717, 1.165) is 32.1 Å². The minimum Gasteiger partial charge on any atom is -0.350 e. The molecule has 0 aromatic heterocycles. The third-order valence-electron chi connectivity index (χ3n) is 4.54. The molecule has 2 nitrogen and oxygen atoms in total. The zero-order valence-corrected chi connectivity index (χ0v) is 13.2. The van der Waals surface area contributed by atoms with Crippen molar-refractivity contribution in [1.29, 1.82) is 0 Å². The van der Waals surface area contributed by atoms with Crippen molar-refractivity contribution >= 4 is 17.5 Å². The Balaban J connectivity index is 2.14. The van der Waals surface area contributed by atoms with Crippen LogP contribution in [-0.4, -0.2) is 17.3 Å². The molecule has 0 saturated heterocycles. The average Bonchev–Trinajstić information content (AvgIpc) is 2.46. The highest BCUT2D eigenvalue weighted by Crippen LogP contribution is 2.32. The first-order valence-corrected chi connectivity index (χ1v) is 8.09. The predicted octanol–water partition coefficient (Wildman–Crippen LogP) is 4.02. The van der Waals surface area contributed by atoms with Crippen molar-refractivity contribution in [1.82, 2.24) is 5.32 Å². The normalized spacial score (nSPS) is 20.9. The summed E-state index contributed by atoms with van der Waals surface area (Å²) in [7, 11) is 0. The molecule has 3 heteroatoms. The van der Waals surface area contributed by atoms with E-state index in [4.69, 9.17) is 11.6 Å². The molecule has 20 heavy (non-hydrogen) atoms. The summed E-state index contributed by atoms with van der Waals surface area (Å²) in [5, 5.41) is 3.23. The number of hydrogen-bond donors (Lipinski definition) is 1. The summed E-state index contributed by atoms with van der Waals surface area (Å²) in [6.07, 6.45) is 4.84. The van der Waals surface area contributed by atoms with Crippen molar-refractivity contribution in [3.8, 4) is 0 Å². The van der Waals surface area contributed by atoms with Crippen molar-refractivity contribution in [3.63, 3.8) is 0 Å². The Morgan fingerprint density at radius 3 is 2.90 bits per heavy atom. The number of alkyl halides is 1. The standard InChI is InChI=1S/C17H24ClNO/c1-3-17(2,11-12-18)19-16(20)15-10-6-8-13-7-4-5-9-14(13)15/h4-5,7,9,15H,3,6,8,10-12H2,1-2H3,(H,19,20). The Bertz CT molecular complexity index is 474. The Hall–Kier alpha value is -1.02. The molecule has 0 fully saturated rings. The van der Waals surface area contributed by atoms with E-state index in [1.165, 1.54) is 11.1 Å². The van der Waals surface area contributed by atoms with E-state index in [9.17, 15) is 4.79 Å². The number of carbonyl (C=O) groups excluding carboxylic acids is 1. The molecule has 0 bridgehead atoms. The van der Waals surface area contributed by atoms with Crippen LogP contribution in [0.15, 0.2) is 24.3 Å². The summed E-state index contributed by atoms with van der Waals surface area (Å²) in [5.41, 5.74) is 2.35. The maximum atomic E-state index is 12.7. The summed E-state index contributed by atoms with van der Waals surface area (Å²) < 4.78 is 0. The Kier molecular flexibility index (Phi) is 5.09. The molecule has 2 atom stereocenters. The van der Waals surface area contributed by atoms with Gasteiger partial charge < -0.3 is 5.32 Å². The van der Waals surface area contributed by atoms with E-state index in [-0.39, 0.29) is 17.4 Å². The number of halogens is 1. The smallest absolute Gasteiger partial charge is 0.227 e. The number of aryl methyl sites for hydroxylation is 1. The number of fused-ring (bicyclic) bond motifs is 1. The monoisotopic (exact) mass is 293 g/mol. The van der Waals surface area contributed by atoms with Gasteiger partial charge in [0.15, 0.2) is 0 Å². The van der Waals surface area contributed by atoms with Crippen LogP contribution < -0.4 is 5.32 Å². The number of carbonyl (C=O) groups is 1. The van der Waals surface area contributed by atoms with Crippen molar-refractivity contribution in [2.24, 2.45) is 0 Å². The summed E-state index contributed by atoms with van der Waals surface area (Å²) in [5.74, 6) is 0.735. The lowest BCUT2D eigenvalue weighted by Crippen LogP contribution is -2.48. The van der Waals surface area contributed by atoms with Crippen LogP contribution in [0.4, 0.5) is 0 Å². The fourth-order valence-electron chi connectivity index (χ4n) is 2.95. The third kappa shape index (κ3) is 3.35. The van der Waals surface area contributed by atoms with E-state index in [2.05, 4.69) is 37.4 Å². The number of nitrogens with one attached hydrogen (secondary N) is 1. The van der Waals surface area contributed by atoms with Crippen LogP contribution in [0.5, 0.6) is 0 Å². The third-order valence-corrected chi connectivity index (χ3v) is 4.73. The van der Waals surface area contributed by atoms with Crippen molar-refractivity contribution < 1.29 is 4.79 Å². The van der Waals surface area contributed by atoms with Gasteiger partial charge in [-0.25, -0.2) is 0 Å². The molecule has 1 aromatic rings. The first-order valence-electron chi connectivity index (χ1n) is 7.55. The van der Waals surface area contributed by atoms with E-state index in [0.29, 0.717) is 5.88 Å². The summed E-state index contributed by atoms with van der Waals surface area (Å²) >= 11 is 5.86. The molecule has 1 N–H and O–H groups in total. The molecule has 1 aromatic carbocycles. The highest BCUT2D eigenvalue weighted by atomic mass is 35.5. The van der Waals surface area contributed by atoms with Gasteiger partial charge in [-0.05, 0) is 50.2 Å². The van der Waals surface area contributed by atoms with E-state index >= 15 is 0 Å². The molecule has 1 amide bonds. The van der Waals surface area contributed by atoms with Gasteiger partial charge in [0.2, 0.25) is 5.91 Å². The number of amides is 1. The van der Waals surface area contributed by atoms with Crippen LogP contribution >= 0.6 is 11.6 Å². The van der Waals surface area contributed by atoms with Crippen molar-refractivity contribution in [2.75, 3.05) is 5.88 Å². The van der Waals surface area contributed by atoms with Crippen LogP contribution in [0.2, 0.25) is 0 Å². The van der Waals surface area contributed by atoms with Gasteiger partial charge in [0, 0.05) is 11.4 Å². The first-order chi connectivity index (χ1) is 9.59. The maximum absolute atomic E-state index is 12.7. The molecule has 0 aliphatic heterocycles. The molecule has 0 radical (unpaired) electrons. The molecular weight excluding hydrogens is 270 g/mol. The van der Waals surface area contributed by atoms with Gasteiger partial charge in [-0.15, -0.1) is 11.6 Å². The number of hydrogen-bond acceptors (Lipinski definition) is 1. The summed E-state index contributed by atoms with van der Waals surface area (Å²) in [6.45, 7) is 4.18. The van der Waals surface area contributed by atoms with Crippen LogP contribution in [0.1, 0.15) is 56.6 Å². The van der Waals surface area contributed by atoms with Crippen LogP contribution in [0.25, 0.3) is 0 Å². The molecule has 0 heterocycles. The van der Waals surface area contributed by atoms with Crippen LogP contribution in [-0.2, 0) is 11.2 Å². The zero-order valence-electron chi connectivity index (χ0n) is 12.4. The molecule has 2 unspecified atom stereocenters. The van der Waals surface area contributed by atoms with Gasteiger partial charge >= 0.3 is 0 Å². The lowest BCUT2D eigenvalue weighted by atomic mass is 9.81. The van der Waals surface area contributed by atoms with Gasteiger partial charge in [-0.3, -0.25) is 4.79 Å². The predicted molar refractivity (Wildman–Crippen MR) is 84.3 cm³/mol. The minimum absolute atomic E-state index is 0.00107. The highest BCUT2D eigenvalue weighted by molar-refractivity contribution is 6.17. The molecule has 2 rings (SSSR count). The fourth-order valence-corrected chi connectivity index (χ4v) is 3.36. The summed E-state index contributed by atoms with van der Waals surface area (Å²) in [4.78, 5) is 12.7. The number of rotatable bonds is 5. The Morgan fingerprint density at radius 2 is 2.20 bits per heavy atom. The van der Waals surface area contributed by atoms with Gasteiger partial charge in [0.1, 0.15) is 0 Å². The van der Waals surface area contributed by atoms with Crippen LogP contribution in [0.3, 0.4) is 0 Å². The fraction of sp³-hybridized carbons (Fsp3) is 0.588. The quantitative estimate of drug-likeness (QED) is 0.816. The Morgan fingerprint density at radius 1 is 1.45 bits per heavy atom. The largest absolute Gasteiger partial charge is 0.350 e.